The first-order valence-electron chi connectivity index (χ1n) is 4.96. The van der Waals surface area contributed by atoms with Gasteiger partial charge in [0.1, 0.15) is 0 Å². The highest BCUT2D eigenvalue weighted by molar-refractivity contribution is 5.92. The van der Waals surface area contributed by atoms with Gasteiger partial charge < -0.3 is 21.3 Å². The molecule has 0 saturated carbocycles. The zero-order chi connectivity index (χ0) is 13.5. The Balaban J connectivity index is 2.72. The summed E-state index contributed by atoms with van der Waals surface area (Å²) in [6, 6.07) is 4.67. The molecule has 0 aliphatic rings. The highest BCUT2D eigenvalue weighted by Gasteiger charge is 2.01. The third kappa shape index (κ3) is 4.05. The smallest absolute Gasteiger partial charge is 0.264 e. The highest BCUT2D eigenvalue weighted by atomic mass is 16.5. The van der Waals surface area contributed by atoms with Crippen LogP contribution in [0.1, 0.15) is 5.56 Å². The lowest BCUT2D eigenvalue weighted by atomic mass is 10.2. The lowest BCUT2D eigenvalue weighted by Gasteiger charge is -2.03. The number of benzene rings is 1. The number of carbonyl (C=O) groups is 1. The number of carbonyl (C=O) groups excluding carboxylic acids is 1. The maximum Gasteiger partial charge on any atom is 0.264 e. The Morgan fingerprint density at radius 2 is 2.22 bits per heavy atom. The number of hydrazone groups is 1. The number of rotatable bonds is 4. The molecule has 0 saturated heterocycles. The number of hydrogen-bond donors (Lipinski definition) is 4. The number of nitrogens with zero attached hydrogens (tertiary/aromatic N) is 1. The van der Waals surface area contributed by atoms with Crippen LogP contribution >= 0.6 is 0 Å². The highest BCUT2D eigenvalue weighted by Crippen LogP contribution is 2.26. The summed E-state index contributed by atoms with van der Waals surface area (Å²) in [5.74, 6) is -0.361. The van der Waals surface area contributed by atoms with Gasteiger partial charge in [0.05, 0.1) is 7.11 Å². The molecule has 0 unspecified atom stereocenters. The summed E-state index contributed by atoms with van der Waals surface area (Å²) in [5.41, 5.74) is 12.9. The molecule has 0 atom stereocenters. The number of phenols is 1. The quantitative estimate of drug-likeness (QED) is 0.253. The van der Waals surface area contributed by atoms with Crippen LogP contribution in [0.15, 0.2) is 29.4 Å². The van der Waals surface area contributed by atoms with Crippen LogP contribution in [0.25, 0.3) is 6.08 Å². The number of phenolic OH excluding ortho intramolecular Hbond substituents is 1. The number of ether oxygens (including phenoxy) is 1. The second-order valence-corrected chi connectivity index (χ2v) is 3.28. The van der Waals surface area contributed by atoms with E-state index in [2.05, 4.69) is 10.5 Å². The maximum absolute atomic E-state index is 11.2. The van der Waals surface area contributed by atoms with Gasteiger partial charge in [0, 0.05) is 6.08 Å². The van der Waals surface area contributed by atoms with E-state index in [9.17, 15) is 9.90 Å². The molecule has 1 amide bonds. The molecule has 0 fully saturated rings. The summed E-state index contributed by atoms with van der Waals surface area (Å²) in [6.07, 6.45) is 2.78. The molecule has 96 valence electrons. The zero-order valence-electron chi connectivity index (χ0n) is 9.75. The average Bonchev–Trinajstić information content (AvgIpc) is 2.35. The lowest BCUT2D eigenvalue weighted by molar-refractivity contribution is -0.116. The van der Waals surface area contributed by atoms with Crippen LogP contribution in [0.2, 0.25) is 0 Å². The molecule has 7 heteroatoms. The van der Waals surface area contributed by atoms with Crippen molar-refractivity contribution >= 4 is 17.9 Å². The Morgan fingerprint density at radius 1 is 1.50 bits per heavy atom. The van der Waals surface area contributed by atoms with Crippen molar-refractivity contribution in [1.82, 2.24) is 5.43 Å². The van der Waals surface area contributed by atoms with E-state index < -0.39 is 5.91 Å². The normalized spacial score (nSPS) is 10.1. The molecule has 0 aliphatic carbocycles. The summed E-state index contributed by atoms with van der Waals surface area (Å²) >= 11 is 0. The first kappa shape index (κ1) is 13.4. The fourth-order valence-electron chi connectivity index (χ4n) is 1.13. The SMILES string of the molecule is COc1cc(/C=C/C(=O)NN=C(N)N)ccc1O. The van der Waals surface area contributed by atoms with Gasteiger partial charge in [0.25, 0.3) is 5.91 Å². The molecule has 7 nitrogen and oxygen atoms in total. The van der Waals surface area contributed by atoms with E-state index in [0.717, 1.165) is 0 Å². The molecule has 6 N–H and O–H groups in total. The van der Waals surface area contributed by atoms with Crippen molar-refractivity contribution in [3.8, 4) is 11.5 Å². The Morgan fingerprint density at radius 3 is 2.83 bits per heavy atom. The molecular formula is C11H14N4O3. The van der Waals surface area contributed by atoms with Crippen molar-refractivity contribution < 1.29 is 14.6 Å². The monoisotopic (exact) mass is 250 g/mol. The maximum atomic E-state index is 11.2. The van der Waals surface area contributed by atoms with Crippen LogP contribution in [-0.2, 0) is 4.79 Å². The summed E-state index contributed by atoms with van der Waals surface area (Å²) in [7, 11) is 1.44. The van der Waals surface area contributed by atoms with Crippen LogP contribution in [0.4, 0.5) is 0 Å². The minimum atomic E-state index is -0.476. The molecule has 1 rings (SSSR count). The Hall–Kier alpha value is -2.70. The number of nitrogens with two attached hydrogens (primary N) is 2. The number of guanidine groups is 1. The summed E-state index contributed by atoms with van der Waals surface area (Å²) in [5, 5.41) is 12.7. The fourth-order valence-corrected chi connectivity index (χ4v) is 1.13. The van der Waals surface area contributed by atoms with Gasteiger partial charge in [-0.2, -0.15) is 0 Å². The molecule has 0 spiro atoms. The topological polar surface area (TPSA) is 123 Å². The van der Waals surface area contributed by atoms with Gasteiger partial charge in [-0.05, 0) is 23.8 Å². The van der Waals surface area contributed by atoms with Gasteiger partial charge in [-0.1, -0.05) is 6.07 Å². The van der Waals surface area contributed by atoms with Crippen LogP contribution in [0, 0.1) is 0 Å². The first-order chi connectivity index (χ1) is 8.52. The van der Waals surface area contributed by atoms with E-state index in [1.54, 1.807) is 12.1 Å². The third-order valence-electron chi connectivity index (χ3n) is 1.93. The van der Waals surface area contributed by atoms with Crippen LogP contribution in [0.3, 0.4) is 0 Å². The predicted molar refractivity (Wildman–Crippen MR) is 67.6 cm³/mol. The Kier molecular flexibility index (Phi) is 4.56. The number of aromatic hydroxyl groups is 1. The summed E-state index contributed by atoms with van der Waals surface area (Å²) in [4.78, 5) is 11.2. The number of methoxy groups -OCH3 is 1. The molecule has 0 aromatic heterocycles. The van der Waals surface area contributed by atoms with E-state index >= 15 is 0 Å². The van der Waals surface area contributed by atoms with Gasteiger partial charge in [-0.15, -0.1) is 5.10 Å². The van der Waals surface area contributed by atoms with Crippen molar-refractivity contribution in [2.45, 2.75) is 0 Å². The average molecular weight is 250 g/mol. The van der Waals surface area contributed by atoms with Gasteiger partial charge >= 0.3 is 0 Å². The van der Waals surface area contributed by atoms with Crippen LogP contribution in [0.5, 0.6) is 11.5 Å². The van der Waals surface area contributed by atoms with Crippen molar-refractivity contribution in [3.05, 3.63) is 29.8 Å². The molecule has 0 bridgehead atoms. The molecule has 0 heterocycles. The fraction of sp³-hybridized carbons (Fsp3) is 0.0909. The van der Waals surface area contributed by atoms with Crippen LogP contribution < -0.4 is 21.6 Å². The minimum Gasteiger partial charge on any atom is -0.504 e. The molecule has 1 aromatic carbocycles. The lowest BCUT2D eigenvalue weighted by Crippen LogP contribution is -2.28. The van der Waals surface area contributed by atoms with Gasteiger partial charge in [0.2, 0.25) is 5.96 Å². The van der Waals surface area contributed by atoms with Gasteiger partial charge in [-0.3, -0.25) is 4.79 Å². The van der Waals surface area contributed by atoms with E-state index in [0.29, 0.717) is 11.3 Å². The second kappa shape index (κ2) is 6.14. The molecular weight excluding hydrogens is 236 g/mol. The van der Waals surface area contributed by atoms with E-state index in [1.165, 1.54) is 25.3 Å². The van der Waals surface area contributed by atoms with Gasteiger partial charge in [0.15, 0.2) is 11.5 Å². The molecule has 1 aromatic rings. The number of amides is 1. The van der Waals surface area contributed by atoms with E-state index in [1.807, 2.05) is 0 Å². The summed E-state index contributed by atoms with van der Waals surface area (Å²) < 4.78 is 4.93. The largest absolute Gasteiger partial charge is 0.504 e. The number of nitrogens with one attached hydrogen (secondary N) is 1. The first-order valence-corrected chi connectivity index (χ1v) is 4.96. The zero-order valence-corrected chi connectivity index (χ0v) is 9.75. The Labute approximate surface area is 104 Å². The van der Waals surface area contributed by atoms with Gasteiger partial charge in [-0.25, -0.2) is 5.43 Å². The van der Waals surface area contributed by atoms with Crippen molar-refractivity contribution in [1.29, 1.82) is 0 Å². The van der Waals surface area contributed by atoms with E-state index in [-0.39, 0.29) is 11.7 Å². The number of hydrogen-bond acceptors (Lipinski definition) is 4. The van der Waals surface area contributed by atoms with Crippen molar-refractivity contribution in [2.24, 2.45) is 16.6 Å². The standard InChI is InChI=1S/C11H14N4O3/c1-18-9-6-7(2-4-8(9)16)3-5-10(17)14-15-11(12)13/h2-6,16H,1H3,(H,14,17)(H4,12,13,15)/b5-3+. The Bertz CT molecular complexity index is 493. The minimum absolute atomic E-state index is 0.0274. The molecule has 0 aliphatic heterocycles. The summed E-state index contributed by atoms with van der Waals surface area (Å²) in [6.45, 7) is 0. The third-order valence-corrected chi connectivity index (χ3v) is 1.93. The predicted octanol–water partition coefficient (Wildman–Crippen LogP) is -0.281. The van der Waals surface area contributed by atoms with Crippen molar-refractivity contribution in [2.75, 3.05) is 7.11 Å². The van der Waals surface area contributed by atoms with E-state index in [4.69, 9.17) is 16.2 Å². The van der Waals surface area contributed by atoms with Crippen LogP contribution in [-0.4, -0.2) is 24.1 Å². The molecule has 18 heavy (non-hydrogen) atoms. The second-order valence-electron chi connectivity index (χ2n) is 3.28. The molecule has 0 radical (unpaired) electrons. The van der Waals surface area contributed by atoms with Crippen molar-refractivity contribution in [3.63, 3.8) is 0 Å².